The zero-order valence-electron chi connectivity index (χ0n) is 22.1. The molecule has 6 nitrogen and oxygen atoms in total. The van der Waals surface area contributed by atoms with Gasteiger partial charge in [0.25, 0.3) is 5.91 Å². The van der Waals surface area contributed by atoms with Crippen molar-refractivity contribution in [3.05, 3.63) is 84.7 Å². The van der Waals surface area contributed by atoms with Crippen molar-refractivity contribution in [2.45, 2.75) is 27.7 Å². The Balaban J connectivity index is 0.00000316. The van der Waals surface area contributed by atoms with Gasteiger partial charge in [-0.1, -0.05) is 39.5 Å². The fourth-order valence-electron chi connectivity index (χ4n) is 3.07. The van der Waals surface area contributed by atoms with Gasteiger partial charge in [0.1, 0.15) is 24.8 Å². The molecule has 0 atom stereocenters. The average molecular weight is 499 g/mol. The number of allylic oxidation sites excluding steroid dienone is 4. The van der Waals surface area contributed by atoms with Crippen LogP contribution in [0.2, 0.25) is 0 Å². The molecule has 2 aromatic rings. The molecule has 0 aromatic heterocycles. The second-order valence-electron chi connectivity index (χ2n) is 7.20. The maximum atomic E-state index is 12.7. The van der Waals surface area contributed by atoms with Crippen LogP contribution in [0.25, 0.3) is 0 Å². The van der Waals surface area contributed by atoms with Crippen molar-refractivity contribution in [2.75, 3.05) is 45.3 Å². The van der Waals surface area contributed by atoms with E-state index in [1.807, 2.05) is 38.7 Å². The number of nitrogens with zero attached hydrogens (tertiary/aromatic N) is 1. The molecule has 0 saturated heterocycles. The number of amides is 1. The highest BCUT2D eigenvalue weighted by atomic mass is 19.1. The SMILES string of the molecule is C=C/C=C\C(=C/C)Oc1ccc(C(=O)Nc2ccc(OC)c(OCCN(CC)CCF)c2)cc1.CC. The van der Waals surface area contributed by atoms with Gasteiger partial charge in [-0.05, 0) is 62.0 Å². The molecule has 2 rings (SSSR count). The normalized spacial score (nSPS) is 11.0. The number of carbonyl (C=O) groups excluding carboxylic acids is 1. The molecule has 0 heterocycles. The molecule has 0 bridgehead atoms. The zero-order valence-corrected chi connectivity index (χ0v) is 22.1. The van der Waals surface area contributed by atoms with E-state index in [4.69, 9.17) is 14.2 Å². The van der Waals surface area contributed by atoms with E-state index in [9.17, 15) is 9.18 Å². The van der Waals surface area contributed by atoms with Crippen molar-refractivity contribution < 1.29 is 23.4 Å². The highest BCUT2D eigenvalue weighted by molar-refractivity contribution is 6.04. The molecule has 2 aromatic carbocycles. The summed E-state index contributed by atoms with van der Waals surface area (Å²) in [6, 6.07) is 12.0. The first-order valence-corrected chi connectivity index (χ1v) is 12.2. The lowest BCUT2D eigenvalue weighted by Crippen LogP contribution is -2.30. The third-order valence-electron chi connectivity index (χ3n) is 4.97. The summed E-state index contributed by atoms with van der Waals surface area (Å²) in [5.74, 6) is 2.09. The van der Waals surface area contributed by atoms with E-state index < -0.39 is 6.67 Å². The number of hydrogen-bond acceptors (Lipinski definition) is 5. The van der Waals surface area contributed by atoms with Gasteiger partial charge in [-0.3, -0.25) is 9.69 Å². The van der Waals surface area contributed by atoms with Crippen molar-refractivity contribution in [1.29, 1.82) is 0 Å². The van der Waals surface area contributed by atoms with E-state index in [2.05, 4.69) is 11.9 Å². The third kappa shape index (κ3) is 10.4. The van der Waals surface area contributed by atoms with Crippen LogP contribution in [0.1, 0.15) is 38.1 Å². The average Bonchev–Trinajstić information content (AvgIpc) is 2.92. The highest BCUT2D eigenvalue weighted by Gasteiger charge is 2.11. The Bertz CT molecular complexity index is 987. The van der Waals surface area contributed by atoms with Crippen LogP contribution >= 0.6 is 0 Å². The summed E-state index contributed by atoms with van der Waals surface area (Å²) in [5.41, 5.74) is 1.06. The van der Waals surface area contributed by atoms with Gasteiger partial charge < -0.3 is 19.5 Å². The molecule has 0 aliphatic rings. The Morgan fingerprint density at radius 1 is 1.11 bits per heavy atom. The van der Waals surface area contributed by atoms with Gasteiger partial charge in [-0.2, -0.15) is 0 Å². The minimum atomic E-state index is -0.394. The van der Waals surface area contributed by atoms with E-state index in [1.165, 1.54) is 0 Å². The van der Waals surface area contributed by atoms with E-state index in [-0.39, 0.29) is 5.91 Å². The quantitative estimate of drug-likeness (QED) is 0.233. The minimum Gasteiger partial charge on any atom is -0.493 e. The third-order valence-corrected chi connectivity index (χ3v) is 4.97. The van der Waals surface area contributed by atoms with Crippen LogP contribution in [0.4, 0.5) is 10.1 Å². The number of rotatable bonds is 14. The first-order chi connectivity index (χ1) is 17.5. The van der Waals surface area contributed by atoms with Gasteiger partial charge in [0.05, 0.1) is 7.11 Å². The van der Waals surface area contributed by atoms with Crippen LogP contribution < -0.4 is 19.5 Å². The van der Waals surface area contributed by atoms with Gasteiger partial charge >= 0.3 is 0 Å². The molecular weight excluding hydrogens is 459 g/mol. The Labute approximate surface area is 215 Å². The topological polar surface area (TPSA) is 60.0 Å². The fourth-order valence-corrected chi connectivity index (χ4v) is 3.07. The van der Waals surface area contributed by atoms with Crippen LogP contribution in [-0.4, -0.2) is 50.8 Å². The van der Waals surface area contributed by atoms with Crippen molar-refractivity contribution >= 4 is 11.6 Å². The number of halogens is 1. The lowest BCUT2D eigenvalue weighted by molar-refractivity contribution is 0.102. The lowest BCUT2D eigenvalue weighted by Gasteiger charge is -2.19. The monoisotopic (exact) mass is 498 g/mol. The molecule has 0 radical (unpaired) electrons. The highest BCUT2D eigenvalue weighted by Crippen LogP contribution is 2.30. The van der Waals surface area contributed by atoms with Crippen LogP contribution in [0.15, 0.2) is 79.1 Å². The number of alkyl halides is 1. The summed E-state index contributed by atoms with van der Waals surface area (Å²) < 4.78 is 29.6. The van der Waals surface area contributed by atoms with Crippen LogP contribution in [0.3, 0.4) is 0 Å². The second-order valence-corrected chi connectivity index (χ2v) is 7.20. The predicted octanol–water partition coefficient (Wildman–Crippen LogP) is 6.67. The number of ether oxygens (including phenoxy) is 3. The van der Waals surface area contributed by atoms with Crippen molar-refractivity contribution in [2.24, 2.45) is 0 Å². The minimum absolute atomic E-state index is 0.263. The van der Waals surface area contributed by atoms with Gasteiger partial charge in [0.15, 0.2) is 11.5 Å². The molecule has 196 valence electrons. The Morgan fingerprint density at radius 3 is 2.42 bits per heavy atom. The summed E-state index contributed by atoms with van der Waals surface area (Å²) in [7, 11) is 1.55. The van der Waals surface area contributed by atoms with Crippen molar-refractivity contribution in [3.63, 3.8) is 0 Å². The second kappa shape index (κ2) is 17.8. The maximum Gasteiger partial charge on any atom is 0.255 e. The smallest absolute Gasteiger partial charge is 0.255 e. The van der Waals surface area contributed by atoms with Gasteiger partial charge in [0, 0.05) is 30.4 Å². The predicted molar refractivity (Wildman–Crippen MR) is 146 cm³/mol. The molecule has 0 spiro atoms. The number of benzene rings is 2. The fraction of sp³-hybridized carbons (Fsp3) is 0.345. The van der Waals surface area contributed by atoms with E-state index in [1.54, 1.807) is 67.8 Å². The lowest BCUT2D eigenvalue weighted by atomic mass is 10.2. The van der Waals surface area contributed by atoms with Gasteiger partial charge in [-0.15, -0.1) is 0 Å². The van der Waals surface area contributed by atoms with E-state index in [0.717, 1.165) is 6.54 Å². The molecule has 36 heavy (non-hydrogen) atoms. The number of hydrogen-bond donors (Lipinski definition) is 1. The molecule has 0 fully saturated rings. The Kier molecular flexibility index (Phi) is 15.1. The molecule has 7 heteroatoms. The first-order valence-electron chi connectivity index (χ1n) is 12.2. The molecule has 0 aliphatic carbocycles. The van der Waals surface area contributed by atoms with E-state index >= 15 is 0 Å². The summed E-state index contributed by atoms with van der Waals surface area (Å²) in [6.07, 6.45) is 7.10. The number of anilines is 1. The first kappa shape index (κ1) is 30.5. The summed E-state index contributed by atoms with van der Waals surface area (Å²) in [5, 5.41) is 2.87. The maximum absolute atomic E-state index is 12.7. The summed E-state index contributed by atoms with van der Waals surface area (Å²) >= 11 is 0. The van der Waals surface area contributed by atoms with Crippen LogP contribution in [0, 0.1) is 0 Å². The molecule has 0 aliphatic heterocycles. The number of methoxy groups -OCH3 is 1. The molecule has 0 saturated carbocycles. The standard InChI is InChI=1S/C27H33FN2O4.C2H6/c1-5-8-9-23(6-2)34-24-13-10-21(11-14-24)27(31)29-22-12-15-25(32-4)26(20-22)33-19-18-30(7-3)17-16-28;1-2/h5-6,8-15,20H,1,7,16-19H2,2-4H3,(H,29,31);1-2H3/b9-8-,23-6+;. The zero-order chi connectivity index (χ0) is 26.8. The van der Waals surface area contributed by atoms with E-state index in [0.29, 0.717) is 54.0 Å². The molecule has 1 amide bonds. The number of nitrogens with one attached hydrogen (secondary N) is 1. The molecular formula is C29H39FN2O4. The molecule has 1 N–H and O–H groups in total. The van der Waals surface area contributed by atoms with Crippen molar-refractivity contribution in [1.82, 2.24) is 4.90 Å². The summed E-state index contributed by atoms with van der Waals surface area (Å²) in [6.45, 7) is 13.2. The van der Waals surface area contributed by atoms with Crippen molar-refractivity contribution in [3.8, 4) is 17.2 Å². The number of carbonyl (C=O) groups is 1. The largest absolute Gasteiger partial charge is 0.493 e. The summed E-state index contributed by atoms with van der Waals surface area (Å²) in [4.78, 5) is 14.7. The molecule has 0 unspecified atom stereocenters. The Hall–Kier alpha value is -3.58. The Morgan fingerprint density at radius 2 is 1.83 bits per heavy atom. The van der Waals surface area contributed by atoms with Crippen LogP contribution in [-0.2, 0) is 0 Å². The van der Waals surface area contributed by atoms with Gasteiger partial charge in [0.2, 0.25) is 0 Å². The number of likely N-dealkylation sites (N-methyl/N-ethyl adjacent to an activating group) is 1. The van der Waals surface area contributed by atoms with Gasteiger partial charge in [-0.25, -0.2) is 4.39 Å². The van der Waals surface area contributed by atoms with Crippen LogP contribution in [0.5, 0.6) is 17.2 Å².